The largest absolute Gasteiger partial charge is 0.490 e. The number of benzene rings is 1. The van der Waals surface area contributed by atoms with Gasteiger partial charge in [-0.1, -0.05) is 0 Å². The van der Waals surface area contributed by atoms with Gasteiger partial charge in [0, 0.05) is 12.3 Å². The van der Waals surface area contributed by atoms with Crippen molar-refractivity contribution in [2.75, 3.05) is 25.6 Å². The van der Waals surface area contributed by atoms with Gasteiger partial charge in [0.15, 0.2) is 0 Å². The SMILES string of the molecule is CCOC(=O)c1cc(N)ccc1OCC1CCCO1. The van der Waals surface area contributed by atoms with Crippen molar-refractivity contribution in [2.45, 2.75) is 25.9 Å². The number of carbonyl (C=O) groups excluding carboxylic acids is 1. The van der Waals surface area contributed by atoms with E-state index in [2.05, 4.69) is 0 Å². The third-order valence-electron chi connectivity index (χ3n) is 2.95. The highest BCUT2D eigenvalue weighted by Gasteiger charge is 2.19. The van der Waals surface area contributed by atoms with E-state index in [4.69, 9.17) is 19.9 Å². The van der Waals surface area contributed by atoms with Crippen LogP contribution in [0.4, 0.5) is 5.69 Å². The minimum Gasteiger partial charge on any atom is -0.490 e. The monoisotopic (exact) mass is 265 g/mol. The van der Waals surface area contributed by atoms with E-state index in [1.165, 1.54) is 0 Å². The second-order valence-electron chi connectivity index (χ2n) is 4.42. The molecule has 0 spiro atoms. The molecule has 19 heavy (non-hydrogen) atoms. The molecular formula is C14H19NO4. The van der Waals surface area contributed by atoms with E-state index >= 15 is 0 Å². The highest BCUT2D eigenvalue weighted by atomic mass is 16.5. The van der Waals surface area contributed by atoms with Gasteiger partial charge in [-0.3, -0.25) is 0 Å². The quantitative estimate of drug-likeness (QED) is 0.651. The highest BCUT2D eigenvalue weighted by Crippen LogP contribution is 2.23. The van der Waals surface area contributed by atoms with E-state index in [1.807, 2.05) is 0 Å². The van der Waals surface area contributed by atoms with Crippen LogP contribution in [-0.4, -0.2) is 31.9 Å². The van der Waals surface area contributed by atoms with Crippen LogP contribution < -0.4 is 10.5 Å². The van der Waals surface area contributed by atoms with Gasteiger partial charge in [-0.25, -0.2) is 4.79 Å². The summed E-state index contributed by atoms with van der Waals surface area (Å²) in [7, 11) is 0. The standard InChI is InChI=1S/C14H19NO4/c1-2-17-14(16)12-8-10(15)5-6-13(12)19-9-11-4-3-7-18-11/h5-6,8,11H,2-4,7,9,15H2,1H3. The molecule has 5 nitrogen and oxygen atoms in total. The molecule has 2 N–H and O–H groups in total. The van der Waals surface area contributed by atoms with Crippen LogP contribution in [-0.2, 0) is 9.47 Å². The molecule has 0 bridgehead atoms. The van der Waals surface area contributed by atoms with Crippen molar-refractivity contribution >= 4 is 11.7 Å². The normalized spacial score (nSPS) is 18.3. The number of hydrogen-bond donors (Lipinski definition) is 1. The van der Waals surface area contributed by atoms with Gasteiger partial charge in [0.2, 0.25) is 0 Å². The third-order valence-corrected chi connectivity index (χ3v) is 2.95. The molecule has 0 amide bonds. The molecule has 1 aromatic carbocycles. The van der Waals surface area contributed by atoms with Gasteiger partial charge in [0.25, 0.3) is 0 Å². The Kier molecular flexibility index (Phi) is 4.63. The average Bonchev–Trinajstić information content (AvgIpc) is 2.90. The minimum atomic E-state index is -0.419. The molecule has 1 aliphatic heterocycles. The molecule has 0 saturated carbocycles. The molecule has 0 aliphatic carbocycles. The average molecular weight is 265 g/mol. The van der Waals surface area contributed by atoms with Crippen LogP contribution in [0.2, 0.25) is 0 Å². The second kappa shape index (κ2) is 6.43. The van der Waals surface area contributed by atoms with E-state index in [9.17, 15) is 4.79 Å². The number of nitrogen functional groups attached to an aromatic ring is 1. The molecule has 1 aliphatic rings. The molecule has 5 heteroatoms. The van der Waals surface area contributed by atoms with Gasteiger partial charge >= 0.3 is 5.97 Å². The van der Waals surface area contributed by atoms with Gasteiger partial charge in [-0.15, -0.1) is 0 Å². The fourth-order valence-corrected chi connectivity index (χ4v) is 2.00. The van der Waals surface area contributed by atoms with Crippen LogP contribution in [0.15, 0.2) is 18.2 Å². The fraction of sp³-hybridized carbons (Fsp3) is 0.500. The topological polar surface area (TPSA) is 70.8 Å². The summed E-state index contributed by atoms with van der Waals surface area (Å²) >= 11 is 0. The first-order valence-corrected chi connectivity index (χ1v) is 6.51. The van der Waals surface area contributed by atoms with Crippen LogP contribution in [0, 0.1) is 0 Å². The Morgan fingerprint density at radius 1 is 1.53 bits per heavy atom. The van der Waals surface area contributed by atoms with Crippen molar-refractivity contribution in [2.24, 2.45) is 0 Å². The van der Waals surface area contributed by atoms with Gasteiger partial charge in [0.1, 0.15) is 17.9 Å². The third kappa shape index (κ3) is 3.61. The lowest BCUT2D eigenvalue weighted by atomic mass is 10.2. The van der Waals surface area contributed by atoms with Crippen molar-refractivity contribution in [3.05, 3.63) is 23.8 Å². The van der Waals surface area contributed by atoms with E-state index < -0.39 is 5.97 Å². The molecule has 0 radical (unpaired) electrons. The van der Waals surface area contributed by atoms with E-state index in [0.717, 1.165) is 19.4 Å². The molecule has 2 rings (SSSR count). The number of nitrogens with two attached hydrogens (primary N) is 1. The molecule has 1 aromatic rings. The molecule has 1 fully saturated rings. The number of rotatable bonds is 5. The van der Waals surface area contributed by atoms with Crippen LogP contribution in [0.1, 0.15) is 30.1 Å². The Bertz CT molecular complexity index is 441. The molecule has 1 atom stereocenters. The van der Waals surface area contributed by atoms with Crippen molar-refractivity contribution < 1.29 is 19.0 Å². The van der Waals surface area contributed by atoms with Crippen molar-refractivity contribution in [3.63, 3.8) is 0 Å². The maximum absolute atomic E-state index is 11.8. The first-order valence-electron chi connectivity index (χ1n) is 6.51. The minimum absolute atomic E-state index is 0.104. The Labute approximate surface area is 112 Å². The van der Waals surface area contributed by atoms with Crippen molar-refractivity contribution in [1.29, 1.82) is 0 Å². The lowest BCUT2D eigenvalue weighted by Crippen LogP contribution is -2.18. The summed E-state index contributed by atoms with van der Waals surface area (Å²) in [6, 6.07) is 4.97. The Morgan fingerprint density at radius 2 is 2.37 bits per heavy atom. The van der Waals surface area contributed by atoms with Gasteiger partial charge < -0.3 is 19.9 Å². The van der Waals surface area contributed by atoms with Crippen LogP contribution in [0.5, 0.6) is 5.75 Å². The van der Waals surface area contributed by atoms with Crippen LogP contribution in [0.3, 0.4) is 0 Å². The zero-order valence-corrected chi connectivity index (χ0v) is 11.1. The number of esters is 1. The van der Waals surface area contributed by atoms with Crippen molar-refractivity contribution in [1.82, 2.24) is 0 Å². The maximum Gasteiger partial charge on any atom is 0.341 e. The summed E-state index contributed by atoms with van der Waals surface area (Å²) in [6.45, 7) is 3.30. The number of hydrogen-bond acceptors (Lipinski definition) is 5. The lowest BCUT2D eigenvalue weighted by molar-refractivity contribution is 0.0504. The van der Waals surface area contributed by atoms with Gasteiger partial charge in [0.05, 0.1) is 12.7 Å². The Balaban J connectivity index is 2.07. The van der Waals surface area contributed by atoms with Crippen LogP contribution >= 0.6 is 0 Å². The number of ether oxygens (including phenoxy) is 3. The molecule has 1 heterocycles. The Morgan fingerprint density at radius 3 is 3.05 bits per heavy atom. The fourth-order valence-electron chi connectivity index (χ4n) is 2.00. The smallest absolute Gasteiger partial charge is 0.341 e. The zero-order valence-electron chi connectivity index (χ0n) is 11.1. The lowest BCUT2D eigenvalue weighted by Gasteiger charge is -2.14. The number of anilines is 1. The number of carbonyl (C=O) groups is 1. The molecule has 104 valence electrons. The molecule has 1 unspecified atom stereocenters. The van der Waals surface area contributed by atoms with Crippen LogP contribution in [0.25, 0.3) is 0 Å². The molecule has 1 saturated heterocycles. The molecular weight excluding hydrogens is 246 g/mol. The van der Waals surface area contributed by atoms with E-state index in [1.54, 1.807) is 25.1 Å². The van der Waals surface area contributed by atoms with E-state index in [0.29, 0.717) is 30.2 Å². The van der Waals surface area contributed by atoms with Crippen molar-refractivity contribution in [3.8, 4) is 5.75 Å². The molecule has 0 aromatic heterocycles. The summed E-state index contributed by atoms with van der Waals surface area (Å²) in [4.78, 5) is 11.8. The van der Waals surface area contributed by atoms with E-state index in [-0.39, 0.29) is 6.10 Å². The predicted molar refractivity (Wildman–Crippen MR) is 71.3 cm³/mol. The summed E-state index contributed by atoms with van der Waals surface area (Å²) < 4.78 is 16.1. The second-order valence-corrected chi connectivity index (χ2v) is 4.42. The Hall–Kier alpha value is -1.75. The first kappa shape index (κ1) is 13.7. The summed E-state index contributed by atoms with van der Waals surface area (Å²) in [6.07, 6.45) is 2.15. The summed E-state index contributed by atoms with van der Waals surface area (Å²) in [5, 5.41) is 0. The maximum atomic E-state index is 11.8. The summed E-state index contributed by atoms with van der Waals surface area (Å²) in [5.41, 5.74) is 6.56. The highest BCUT2D eigenvalue weighted by molar-refractivity contribution is 5.93. The predicted octanol–water partition coefficient (Wildman–Crippen LogP) is 2.00. The van der Waals surface area contributed by atoms with Gasteiger partial charge in [-0.05, 0) is 38.0 Å². The zero-order chi connectivity index (χ0) is 13.7. The van der Waals surface area contributed by atoms with Gasteiger partial charge in [-0.2, -0.15) is 0 Å². The summed E-state index contributed by atoms with van der Waals surface area (Å²) in [5.74, 6) is 0.0697. The first-order chi connectivity index (χ1) is 9.20.